The van der Waals surface area contributed by atoms with E-state index in [1.807, 2.05) is 50.6 Å². The molecule has 3 N–H and O–H groups in total. The van der Waals surface area contributed by atoms with Crippen molar-refractivity contribution in [2.24, 2.45) is 18.7 Å². The first kappa shape index (κ1) is 20.0. The number of amides is 1. The fourth-order valence-electron chi connectivity index (χ4n) is 2.96. The number of carbonyl (C=O) groups excluding carboxylic acids is 1. The number of hydrogen-bond donors (Lipinski definition) is 2. The zero-order valence-electron chi connectivity index (χ0n) is 15.7. The van der Waals surface area contributed by atoms with Crippen LogP contribution in [-0.4, -0.2) is 15.7 Å². The van der Waals surface area contributed by atoms with Crippen molar-refractivity contribution in [3.63, 3.8) is 0 Å². The number of hydrogen-bond acceptors (Lipinski definition) is 3. The molecule has 5 nitrogen and oxygen atoms in total. The first-order valence-corrected chi connectivity index (χ1v) is 9.31. The van der Waals surface area contributed by atoms with E-state index in [4.69, 9.17) is 17.3 Å². The predicted octanol–water partition coefficient (Wildman–Crippen LogP) is 4.54. The minimum absolute atomic E-state index is 0.0316. The third-order valence-corrected chi connectivity index (χ3v) is 4.91. The molecule has 3 rings (SSSR count). The summed E-state index contributed by atoms with van der Waals surface area (Å²) >= 11 is 5.75. The standard InChI is InChI=1S/C21H22ClFN4O/c1-13(21(28)26-17-7-8-19(23)18(22)10-17)9-20(24)15-5-3-14(4-6-15)16-11-25-27(2)12-16/h3-8,10-13,20H,9,24H2,1-2H3,(H,26,28)/t13-,20+/m1/s1. The first-order chi connectivity index (χ1) is 13.3. The molecule has 0 saturated heterocycles. The van der Waals surface area contributed by atoms with Crippen molar-refractivity contribution in [3.8, 4) is 11.1 Å². The van der Waals surface area contributed by atoms with Crippen LogP contribution in [0, 0.1) is 11.7 Å². The Hall–Kier alpha value is -2.70. The van der Waals surface area contributed by atoms with Crippen LogP contribution in [0.5, 0.6) is 0 Å². The first-order valence-electron chi connectivity index (χ1n) is 8.94. The molecule has 0 bridgehead atoms. The second kappa shape index (κ2) is 8.54. The van der Waals surface area contributed by atoms with Crippen LogP contribution in [0.1, 0.15) is 24.9 Å². The van der Waals surface area contributed by atoms with Gasteiger partial charge in [0.25, 0.3) is 0 Å². The number of nitrogens with two attached hydrogens (primary N) is 1. The largest absolute Gasteiger partial charge is 0.326 e. The summed E-state index contributed by atoms with van der Waals surface area (Å²) in [5.74, 6) is -1.04. The molecular formula is C21H22ClFN4O. The number of aryl methyl sites for hydroxylation is 1. The van der Waals surface area contributed by atoms with E-state index in [1.165, 1.54) is 18.2 Å². The van der Waals surface area contributed by atoms with Gasteiger partial charge >= 0.3 is 0 Å². The van der Waals surface area contributed by atoms with Crippen LogP contribution < -0.4 is 11.1 Å². The molecule has 7 heteroatoms. The number of anilines is 1. The average Bonchev–Trinajstić information content (AvgIpc) is 3.11. The Labute approximate surface area is 168 Å². The van der Waals surface area contributed by atoms with Crippen molar-refractivity contribution in [3.05, 3.63) is 71.3 Å². The summed E-state index contributed by atoms with van der Waals surface area (Å²) in [7, 11) is 1.88. The van der Waals surface area contributed by atoms with Gasteiger partial charge in [-0.2, -0.15) is 5.10 Å². The van der Waals surface area contributed by atoms with Gasteiger partial charge in [-0.25, -0.2) is 4.39 Å². The molecular weight excluding hydrogens is 379 g/mol. The summed E-state index contributed by atoms with van der Waals surface area (Å²) in [5.41, 5.74) is 9.80. The van der Waals surface area contributed by atoms with Crippen LogP contribution in [0.4, 0.5) is 10.1 Å². The number of halogens is 2. The number of nitrogens with one attached hydrogen (secondary N) is 1. The van der Waals surface area contributed by atoms with Crippen LogP contribution in [0.15, 0.2) is 54.9 Å². The van der Waals surface area contributed by atoms with E-state index in [2.05, 4.69) is 10.4 Å². The maximum atomic E-state index is 13.2. The minimum atomic E-state index is -0.524. The molecule has 3 aromatic rings. The number of aromatic nitrogens is 2. The van der Waals surface area contributed by atoms with Gasteiger partial charge in [-0.3, -0.25) is 9.48 Å². The van der Waals surface area contributed by atoms with Gasteiger partial charge in [-0.05, 0) is 35.7 Å². The monoisotopic (exact) mass is 400 g/mol. The van der Waals surface area contributed by atoms with Gasteiger partial charge in [0.1, 0.15) is 5.82 Å². The molecule has 0 aliphatic heterocycles. The molecule has 28 heavy (non-hydrogen) atoms. The predicted molar refractivity (Wildman–Crippen MR) is 109 cm³/mol. The molecule has 1 aromatic heterocycles. The Balaban J connectivity index is 1.60. The summed E-state index contributed by atoms with van der Waals surface area (Å²) in [4.78, 5) is 12.4. The van der Waals surface area contributed by atoms with Gasteiger partial charge in [-0.1, -0.05) is 42.8 Å². The SMILES string of the molecule is C[C@H](C[C@H](N)c1ccc(-c2cnn(C)c2)cc1)C(=O)Nc1ccc(F)c(Cl)c1. The fraction of sp³-hybridized carbons (Fsp3) is 0.238. The number of benzene rings is 2. The number of nitrogens with zero attached hydrogens (tertiary/aromatic N) is 2. The van der Waals surface area contributed by atoms with Crippen LogP contribution >= 0.6 is 11.6 Å². The lowest BCUT2D eigenvalue weighted by atomic mass is 9.94. The molecule has 2 atom stereocenters. The second-order valence-electron chi connectivity index (χ2n) is 6.89. The van der Waals surface area contributed by atoms with Crippen molar-refractivity contribution < 1.29 is 9.18 Å². The molecule has 0 radical (unpaired) electrons. The highest BCUT2D eigenvalue weighted by atomic mass is 35.5. The highest BCUT2D eigenvalue weighted by Crippen LogP contribution is 2.25. The maximum absolute atomic E-state index is 13.2. The van der Waals surface area contributed by atoms with Gasteiger partial charge in [0, 0.05) is 36.5 Å². The molecule has 1 amide bonds. The average molecular weight is 401 g/mol. The zero-order valence-corrected chi connectivity index (χ0v) is 16.4. The quantitative estimate of drug-likeness (QED) is 0.637. The summed E-state index contributed by atoms with van der Waals surface area (Å²) in [6.07, 6.45) is 4.24. The Morgan fingerprint density at radius 3 is 2.57 bits per heavy atom. The lowest BCUT2D eigenvalue weighted by molar-refractivity contribution is -0.119. The van der Waals surface area contributed by atoms with Crippen molar-refractivity contribution in [2.45, 2.75) is 19.4 Å². The molecule has 0 saturated carbocycles. The topological polar surface area (TPSA) is 72.9 Å². The van der Waals surface area contributed by atoms with Crippen LogP contribution in [0.25, 0.3) is 11.1 Å². The van der Waals surface area contributed by atoms with Crippen LogP contribution in [-0.2, 0) is 11.8 Å². The summed E-state index contributed by atoms with van der Waals surface area (Å²) in [5, 5.41) is 6.89. The molecule has 0 unspecified atom stereocenters. The third-order valence-electron chi connectivity index (χ3n) is 4.62. The van der Waals surface area contributed by atoms with E-state index in [0.717, 1.165) is 16.7 Å². The van der Waals surface area contributed by atoms with E-state index in [-0.39, 0.29) is 22.9 Å². The van der Waals surface area contributed by atoms with Crippen molar-refractivity contribution >= 4 is 23.2 Å². The lowest BCUT2D eigenvalue weighted by Crippen LogP contribution is -2.24. The number of carbonyl (C=O) groups is 1. The van der Waals surface area contributed by atoms with Crippen LogP contribution in [0.3, 0.4) is 0 Å². The van der Waals surface area contributed by atoms with Gasteiger partial charge < -0.3 is 11.1 Å². The Morgan fingerprint density at radius 1 is 1.25 bits per heavy atom. The number of rotatable bonds is 6. The van der Waals surface area contributed by atoms with E-state index in [9.17, 15) is 9.18 Å². The van der Waals surface area contributed by atoms with Crippen molar-refractivity contribution in [1.29, 1.82) is 0 Å². The van der Waals surface area contributed by atoms with Gasteiger partial charge in [-0.15, -0.1) is 0 Å². The molecule has 2 aromatic carbocycles. The van der Waals surface area contributed by atoms with E-state index in [0.29, 0.717) is 12.1 Å². The van der Waals surface area contributed by atoms with Crippen molar-refractivity contribution in [2.75, 3.05) is 5.32 Å². The van der Waals surface area contributed by atoms with E-state index < -0.39 is 5.82 Å². The second-order valence-corrected chi connectivity index (χ2v) is 7.29. The third kappa shape index (κ3) is 4.77. The normalized spacial score (nSPS) is 13.2. The fourth-order valence-corrected chi connectivity index (χ4v) is 3.14. The smallest absolute Gasteiger partial charge is 0.227 e. The minimum Gasteiger partial charge on any atom is -0.326 e. The molecule has 0 aliphatic rings. The summed E-state index contributed by atoms with van der Waals surface area (Å²) in [6.45, 7) is 1.81. The Kier molecular flexibility index (Phi) is 6.11. The van der Waals surface area contributed by atoms with Crippen molar-refractivity contribution in [1.82, 2.24) is 9.78 Å². The maximum Gasteiger partial charge on any atom is 0.227 e. The van der Waals surface area contributed by atoms with Gasteiger partial charge in [0.2, 0.25) is 5.91 Å². The molecule has 0 aliphatic carbocycles. The summed E-state index contributed by atoms with van der Waals surface area (Å²) < 4.78 is 15.0. The Morgan fingerprint density at radius 2 is 1.96 bits per heavy atom. The zero-order chi connectivity index (χ0) is 20.3. The summed E-state index contributed by atoms with van der Waals surface area (Å²) in [6, 6.07) is 11.7. The van der Waals surface area contributed by atoms with Gasteiger partial charge in [0.05, 0.1) is 11.2 Å². The van der Waals surface area contributed by atoms with Crippen LogP contribution in [0.2, 0.25) is 5.02 Å². The highest BCUT2D eigenvalue weighted by Gasteiger charge is 2.18. The van der Waals surface area contributed by atoms with E-state index in [1.54, 1.807) is 4.68 Å². The Bertz CT molecular complexity index is 971. The molecule has 1 heterocycles. The lowest BCUT2D eigenvalue weighted by Gasteiger charge is -2.18. The molecule has 0 fully saturated rings. The van der Waals surface area contributed by atoms with E-state index >= 15 is 0 Å². The highest BCUT2D eigenvalue weighted by molar-refractivity contribution is 6.31. The van der Waals surface area contributed by atoms with Gasteiger partial charge in [0.15, 0.2) is 0 Å². The molecule has 0 spiro atoms. The molecule has 146 valence electrons.